The Morgan fingerprint density at radius 2 is 1.75 bits per heavy atom. The quantitative estimate of drug-likeness (QED) is 0.472. The first-order chi connectivity index (χ1) is 5.59. The average molecular weight is 250 g/mol. The van der Waals surface area contributed by atoms with Gasteiger partial charge in [0.25, 0.3) is 0 Å². The number of unbranched alkanes of at least 4 members (excludes halogenated alkanes) is 2. The fraction of sp³-hybridized carbons (Fsp3) is 0.750. The molecule has 0 spiro atoms. The van der Waals surface area contributed by atoms with E-state index < -0.39 is 0 Å². The van der Waals surface area contributed by atoms with Crippen molar-refractivity contribution in [1.29, 1.82) is 0 Å². The van der Waals surface area contributed by atoms with E-state index in [-0.39, 0.29) is 9.87 Å². The van der Waals surface area contributed by atoms with Crippen LogP contribution >= 0.6 is 46.4 Å². The highest BCUT2D eigenvalue weighted by molar-refractivity contribution is 6.60. The molecule has 0 saturated heterocycles. The third kappa shape index (κ3) is 5.53. The molecule has 0 aromatic rings. The highest BCUT2D eigenvalue weighted by Crippen LogP contribution is 2.27. The highest BCUT2D eigenvalue weighted by atomic mass is 35.5. The Bertz CT molecular complexity index is 149. The van der Waals surface area contributed by atoms with Crippen LogP contribution in [-0.4, -0.2) is 5.38 Å². The third-order valence-electron chi connectivity index (χ3n) is 1.52. The Balaban J connectivity index is 3.72. The molecule has 0 radical (unpaired) electrons. The Kier molecular flexibility index (Phi) is 7.87. The lowest BCUT2D eigenvalue weighted by atomic mass is 10.1. The van der Waals surface area contributed by atoms with Crippen LogP contribution in [0.15, 0.2) is 9.52 Å². The molecule has 4 heteroatoms. The standard InChI is InChI=1S/C8H12Cl4/c1-2-3-4-5-6(9)7(10)8(11)12/h6H,2-5H2,1H3. The zero-order valence-corrected chi connectivity index (χ0v) is 9.94. The molecule has 0 aliphatic carbocycles. The zero-order chi connectivity index (χ0) is 9.56. The fourth-order valence-corrected chi connectivity index (χ4v) is 1.57. The maximum Gasteiger partial charge on any atom is 0.122 e. The van der Waals surface area contributed by atoms with E-state index in [1.165, 1.54) is 6.42 Å². The molecule has 0 N–H and O–H groups in total. The second-order valence-electron chi connectivity index (χ2n) is 2.57. The topological polar surface area (TPSA) is 0 Å². The van der Waals surface area contributed by atoms with Crippen molar-refractivity contribution in [2.45, 2.75) is 38.0 Å². The predicted molar refractivity (Wildman–Crippen MR) is 58.4 cm³/mol. The van der Waals surface area contributed by atoms with Crippen LogP contribution in [-0.2, 0) is 0 Å². The van der Waals surface area contributed by atoms with Crippen LogP contribution < -0.4 is 0 Å². The van der Waals surface area contributed by atoms with Crippen molar-refractivity contribution < 1.29 is 0 Å². The van der Waals surface area contributed by atoms with Gasteiger partial charge in [-0.1, -0.05) is 61.0 Å². The minimum absolute atomic E-state index is 0.0770. The number of allylic oxidation sites excluding steroid dienone is 1. The molecule has 0 rings (SSSR count). The average Bonchev–Trinajstić information content (AvgIpc) is 2.03. The monoisotopic (exact) mass is 248 g/mol. The van der Waals surface area contributed by atoms with Gasteiger partial charge in [0.1, 0.15) is 4.49 Å². The molecule has 12 heavy (non-hydrogen) atoms. The Hall–Kier alpha value is 0.900. The second-order valence-corrected chi connectivity index (χ2v) is 4.46. The van der Waals surface area contributed by atoms with Gasteiger partial charge in [0.05, 0.1) is 10.4 Å². The lowest BCUT2D eigenvalue weighted by Crippen LogP contribution is -1.98. The maximum absolute atomic E-state index is 5.90. The fourth-order valence-electron chi connectivity index (χ4n) is 0.819. The Labute approximate surface area is 93.8 Å². The molecule has 0 bridgehead atoms. The van der Waals surface area contributed by atoms with Crippen molar-refractivity contribution in [3.8, 4) is 0 Å². The van der Waals surface area contributed by atoms with Gasteiger partial charge in [-0.3, -0.25) is 0 Å². The van der Waals surface area contributed by atoms with E-state index in [1.54, 1.807) is 0 Å². The molecule has 0 heterocycles. The van der Waals surface area contributed by atoms with Gasteiger partial charge in [0.15, 0.2) is 0 Å². The first-order valence-corrected chi connectivity index (χ1v) is 5.51. The van der Waals surface area contributed by atoms with Gasteiger partial charge in [-0.15, -0.1) is 11.6 Å². The first-order valence-electron chi connectivity index (χ1n) is 3.94. The van der Waals surface area contributed by atoms with E-state index in [0.717, 1.165) is 19.3 Å². The summed E-state index contributed by atoms with van der Waals surface area (Å²) in [5.41, 5.74) is 0. The number of alkyl halides is 1. The van der Waals surface area contributed by atoms with Gasteiger partial charge >= 0.3 is 0 Å². The molecule has 0 aliphatic heterocycles. The summed E-state index contributed by atoms with van der Waals surface area (Å²) < 4.78 is 0.0770. The van der Waals surface area contributed by atoms with Gasteiger partial charge in [-0.25, -0.2) is 0 Å². The van der Waals surface area contributed by atoms with Crippen molar-refractivity contribution in [2.75, 3.05) is 0 Å². The zero-order valence-electron chi connectivity index (χ0n) is 6.92. The van der Waals surface area contributed by atoms with E-state index >= 15 is 0 Å². The molecule has 0 nitrogen and oxygen atoms in total. The summed E-state index contributed by atoms with van der Waals surface area (Å²) in [6.45, 7) is 2.13. The summed E-state index contributed by atoms with van der Waals surface area (Å²) >= 11 is 22.6. The van der Waals surface area contributed by atoms with Crippen molar-refractivity contribution in [2.24, 2.45) is 0 Å². The lowest BCUT2D eigenvalue weighted by Gasteiger charge is -2.07. The maximum atomic E-state index is 5.90. The summed E-state index contributed by atoms with van der Waals surface area (Å²) in [6, 6.07) is 0. The number of halogens is 4. The summed E-state index contributed by atoms with van der Waals surface area (Å²) in [7, 11) is 0. The number of hydrogen-bond donors (Lipinski definition) is 0. The molecular formula is C8H12Cl4. The van der Waals surface area contributed by atoms with Crippen molar-refractivity contribution in [3.05, 3.63) is 9.52 Å². The molecular weight excluding hydrogens is 238 g/mol. The van der Waals surface area contributed by atoms with Crippen LogP contribution in [0.4, 0.5) is 0 Å². The SMILES string of the molecule is CCCCCC(Cl)C(Cl)=C(Cl)Cl. The third-order valence-corrected chi connectivity index (χ3v) is 3.12. The highest BCUT2D eigenvalue weighted by Gasteiger charge is 2.11. The van der Waals surface area contributed by atoms with Crippen molar-refractivity contribution in [1.82, 2.24) is 0 Å². The molecule has 1 atom stereocenters. The molecule has 0 aliphatic rings. The smallest absolute Gasteiger partial charge is 0.117 e. The molecule has 0 aromatic heterocycles. The molecule has 0 saturated carbocycles. The van der Waals surface area contributed by atoms with E-state index in [9.17, 15) is 0 Å². The number of hydrogen-bond acceptors (Lipinski definition) is 0. The van der Waals surface area contributed by atoms with Crippen LogP contribution in [0.2, 0.25) is 0 Å². The van der Waals surface area contributed by atoms with E-state index in [1.807, 2.05) is 0 Å². The lowest BCUT2D eigenvalue weighted by molar-refractivity contribution is 0.675. The van der Waals surface area contributed by atoms with Crippen molar-refractivity contribution in [3.63, 3.8) is 0 Å². The largest absolute Gasteiger partial charge is 0.122 e. The predicted octanol–water partition coefficient (Wildman–Crippen LogP) is 5.06. The minimum atomic E-state index is -0.233. The van der Waals surface area contributed by atoms with Gasteiger partial charge < -0.3 is 0 Å². The summed E-state index contributed by atoms with van der Waals surface area (Å²) in [4.78, 5) is 0. The number of rotatable bonds is 5. The molecule has 0 fully saturated rings. The van der Waals surface area contributed by atoms with Gasteiger partial charge in [-0.2, -0.15) is 0 Å². The van der Waals surface area contributed by atoms with Crippen molar-refractivity contribution >= 4 is 46.4 Å². The van der Waals surface area contributed by atoms with Crippen LogP contribution in [0.1, 0.15) is 32.6 Å². The van der Waals surface area contributed by atoms with Crippen LogP contribution in [0.5, 0.6) is 0 Å². The summed E-state index contributed by atoms with van der Waals surface area (Å²) in [6.07, 6.45) is 4.21. The first kappa shape index (κ1) is 12.9. The van der Waals surface area contributed by atoms with E-state index in [0.29, 0.717) is 5.03 Å². The molecule has 1 unspecified atom stereocenters. The van der Waals surface area contributed by atoms with Crippen LogP contribution in [0.25, 0.3) is 0 Å². The van der Waals surface area contributed by atoms with Gasteiger partial charge in [-0.05, 0) is 6.42 Å². The molecule has 0 aromatic carbocycles. The Morgan fingerprint density at radius 3 is 2.17 bits per heavy atom. The van der Waals surface area contributed by atoms with E-state index in [4.69, 9.17) is 46.4 Å². The van der Waals surface area contributed by atoms with Crippen LogP contribution in [0, 0.1) is 0 Å². The van der Waals surface area contributed by atoms with E-state index in [2.05, 4.69) is 6.92 Å². The second kappa shape index (κ2) is 7.32. The van der Waals surface area contributed by atoms with Crippen LogP contribution in [0.3, 0.4) is 0 Å². The van der Waals surface area contributed by atoms with Gasteiger partial charge in [0, 0.05) is 0 Å². The summed E-state index contributed by atoms with van der Waals surface area (Å²) in [5, 5.41) is 0.124. The molecule has 72 valence electrons. The minimum Gasteiger partial charge on any atom is -0.117 e. The normalized spacial score (nSPS) is 12.8. The Morgan fingerprint density at radius 1 is 1.17 bits per heavy atom. The van der Waals surface area contributed by atoms with Gasteiger partial charge in [0.2, 0.25) is 0 Å². The summed E-state index contributed by atoms with van der Waals surface area (Å²) in [5.74, 6) is 0. The molecule has 0 amide bonds.